The summed E-state index contributed by atoms with van der Waals surface area (Å²) in [5, 5.41) is 14.7. The van der Waals surface area contributed by atoms with Crippen LogP contribution in [-0.2, 0) is 9.53 Å². The van der Waals surface area contributed by atoms with Crippen LogP contribution < -0.4 is 4.74 Å². The normalized spacial score (nSPS) is 11.8. The van der Waals surface area contributed by atoms with E-state index in [9.17, 15) is 14.7 Å². The first-order chi connectivity index (χ1) is 17.6. The van der Waals surface area contributed by atoms with Crippen LogP contribution >= 0.6 is 0 Å². The first-order valence-electron chi connectivity index (χ1n) is 11.6. The van der Waals surface area contributed by atoms with Gasteiger partial charge in [-0.2, -0.15) is 0 Å². The molecule has 5 nitrogen and oxygen atoms in total. The second-order valence-corrected chi connectivity index (χ2v) is 8.49. The number of methoxy groups -OCH3 is 1. The van der Waals surface area contributed by atoms with E-state index in [1.54, 1.807) is 12.1 Å². The number of rotatable bonds is 7. The second kappa shape index (κ2) is 9.92. The lowest BCUT2D eigenvalue weighted by molar-refractivity contribution is -0.135. The molecule has 0 spiro atoms. The molecule has 0 aliphatic carbocycles. The van der Waals surface area contributed by atoms with Crippen LogP contribution in [0.15, 0.2) is 103 Å². The monoisotopic (exact) mass is 476 g/mol. The highest BCUT2D eigenvalue weighted by atomic mass is 16.5. The first-order valence-corrected chi connectivity index (χ1v) is 11.6. The van der Waals surface area contributed by atoms with Crippen molar-refractivity contribution in [3.63, 3.8) is 0 Å². The van der Waals surface area contributed by atoms with Crippen LogP contribution in [0.4, 0.5) is 0 Å². The van der Waals surface area contributed by atoms with E-state index in [0.717, 1.165) is 32.7 Å². The van der Waals surface area contributed by atoms with Crippen molar-refractivity contribution in [1.82, 2.24) is 0 Å². The molecule has 0 radical (unpaired) electrons. The van der Waals surface area contributed by atoms with E-state index in [1.807, 2.05) is 91.0 Å². The molecule has 178 valence electrons. The molecule has 1 unspecified atom stereocenters. The van der Waals surface area contributed by atoms with Crippen LogP contribution in [0.25, 0.3) is 21.5 Å². The zero-order chi connectivity index (χ0) is 25.1. The molecule has 1 N–H and O–H groups in total. The fraction of sp³-hybridized carbons (Fsp3) is 0.0968. The summed E-state index contributed by atoms with van der Waals surface area (Å²) in [7, 11) is 1.18. The molecule has 5 rings (SSSR count). The van der Waals surface area contributed by atoms with Gasteiger partial charge in [0.2, 0.25) is 0 Å². The van der Waals surface area contributed by atoms with Crippen molar-refractivity contribution in [3.05, 3.63) is 120 Å². The van der Waals surface area contributed by atoms with Gasteiger partial charge in [0.15, 0.2) is 11.5 Å². The Kier molecular flexibility index (Phi) is 6.37. The van der Waals surface area contributed by atoms with Crippen molar-refractivity contribution < 1.29 is 24.2 Å². The number of hydrogen-bond donors (Lipinski definition) is 1. The third-order valence-corrected chi connectivity index (χ3v) is 6.40. The third-order valence-electron chi connectivity index (χ3n) is 6.40. The lowest BCUT2D eigenvalue weighted by Gasteiger charge is -2.21. The van der Waals surface area contributed by atoms with Gasteiger partial charge in [0, 0.05) is 22.3 Å². The van der Waals surface area contributed by atoms with Crippen LogP contribution in [0.5, 0.6) is 11.5 Å². The van der Waals surface area contributed by atoms with E-state index >= 15 is 0 Å². The van der Waals surface area contributed by atoms with Gasteiger partial charge in [-0.05, 0) is 21.9 Å². The van der Waals surface area contributed by atoms with Gasteiger partial charge in [0.05, 0.1) is 13.7 Å². The highest BCUT2D eigenvalue weighted by Crippen LogP contribution is 2.43. The highest BCUT2D eigenvalue weighted by Gasteiger charge is 2.21. The Morgan fingerprint density at radius 1 is 0.694 bits per heavy atom. The Labute approximate surface area is 208 Å². The molecule has 0 aliphatic rings. The average Bonchev–Trinajstić information content (AvgIpc) is 2.95. The maximum atomic E-state index is 12.2. The summed E-state index contributed by atoms with van der Waals surface area (Å²) in [5.41, 5.74) is 2.19. The molecule has 0 fully saturated rings. The number of phenols is 1. The highest BCUT2D eigenvalue weighted by molar-refractivity contribution is 6.40. The van der Waals surface area contributed by atoms with Gasteiger partial charge in [-0.1, -0.05) is 103 Å². The van der Waals surface area contributed by atoms with Crippen molar-refractivity contribution in [3.8, 4) is 11.5 Å². The number of ether oxygens (including phenoxy) is 2. The minimum atomic E-state index is -0.899. The van der Waals surface area contributed by atoms with E-state index < -0.39 is 11.8 Å². The zero-order valence-electron chi connectivity index (χ0n) is 19.7. The lowest BCUT2D eigenvalue weighted by atomic mass is 9.91. The fourth-order valence-electron chi connectivity index (χ4n) is 4.55. The van der Waals surface area contributed by atoms with Crippen LogP contribution in [0, 0.1) is 0 Å². The van der Waals surface area contributed by atoms with Gasteiger partial charge in [-0.3, -0.25) is 4.79 Å². The quantitative estimate of drug-likeness (QED) is 0.130. The van der Waals surface area contributed by atoms with Gasteiger partial charge in [0.1, 0.15) is 0 Å². The van der Waals surface area contributed by atoms with Crippen molar-refractivity contribution in [2.75, 3.05) is 13.7 Å². The lowest BCUT2D eigenvalue weighted by Crippen LogP contribution is -2.16. The predicted molar refractivity (Wildman–Crippen MR) is 140 cm³/mol. The minimum absolute atomic E-state index is 0.107. The minimum Gasteiger partial charge on any atom is -0.504 e. The molecular weight excluding hydrogens is 452 g/mol. The number of benzene rings is 5. The van der Waals surface area contributed by atoms with Gasteiger partial charge in [0.25, 0.3) is 5.78 Å². The fourth-order valence-corrected chi connectivity index (χ4v) is 4.55. The maximum Gasteiger partial charge on any atom is 0.379 e. The topological polar surface area (TPSA) is 72.8 Å². The number of fused-ring (bicyclic) bond motifs is 3. The average molecular weight is 477 g/mol. The Morgan fingerprint density at radius 2 is 1.22 bits per heavy atom. The van der Waals surface area contributed by atoms with Crippen LogP contribution in [-0.4, -0.2) is 30.6 Å². The number of phenolic OH excluding ortho intramolecular Hbond substituents is 1. The summed E-state index contributed by atoms with van der Waals surface area (Å²) >= 11 is 0. The molecule has 0 bridgehead atoms. The molecular formula is C31H24O5. The molecule has 5 heteroatoms. The number of hydrogen-bond acceptors (Lipinski definition) is 5. The van der Waals surface area contributed by atoms with Crippen molar-refractivity contribution in [2.45, 2.75) is 5.92 Å². The smallest absolute Gasteiger partial charge is 0.379 e. The van der Waals surface area contributed by atoms with Gasteiger partial charge in [-0.25, -0.2) is 4.79 Å². The zero-order valence-corrected chi connectivity index (χ0v) is 19.7. The first kappa shape index (κ1) is 23.1. The molecule has 5 aromatic rings. The van der Waals surface area contributed by atoms with Crippen LogP contribution in [0.2, 0.25) is 0 Å². The van der Waals surface area contributed by atoms with Crippen LogP contribution in [0.3, 0.4) is 0 Å². The summed E-state index contributed by atoms with van der Waals surface area (Å²) in [6.45, 7) is 0.254. The SMILES string of the molecule is COC(=O)C(=O)c1ccc(C(COc2c(O)c3ccccc3c3ccccc23)c2ccccc2)cc1. The number of esters is 1. The second-order valence-electron chi connectivity index (χ2n) is 8.49. The Balaban J connectivity index is 1.53. The Morgan fingerprint density at radius 3 is 1.86 bits per heavy atom. The number of ketones is 1. The summed E-state index contributed by atoms with van der Waals surface area (Å²) in [6, 6.07) is 32.3. The van der Waals surface area contributed by atoms with E-state index in [-0.39, 0.29) is 23.8 Å². The summed E-state index contributed by atoms with van der Waals surface area (Å²) in [5.74, 6) is -1.23. The Hall–Kier alpha value is -4.64. The van der Waals surface area contributed by atoms with Crippen molar-refractivity contribution in [1.29, 1.82) is 0 Å². The van der Waals surface area contributed by atoms with Crippen LogP contribution in [0.1, 0.15) is 27.4 Å². The third kappa shape index (κ3) is 4.27. The standard InChI is InChI=1S/C31H24O5/c1-35-31(34)28(32)22-17-15-21(16-18-22)27(20-9-3-2-4-10-20)19-36-30-26-14-8-6-12-24(26)23-11-5-7-13-25(23)29(30)33/h2-18,27,33H,19H2,1H3. The largest absolute Gasteiger partial charge is 0.504 e. The molecule has 0 saturated carbocycles. The van der Waals surface area contributed by atoms with Crippen molar-refractivity contribution in [2.24, 2.45) is 0 Å². The summed E-state index contributed by atoms with van der Waals surface area (Å²) in [4.78, 5) is 23.8. The molecule has 36 heavy (non-hydrogen) atoms. The molecule has 0 saturated heterocycles. The number of Topliss-reactive ketones (excluding diaryl/α,β-unsaturated/α-hetero) is 1. The maximum absolute atomic E-state index is 12.2. The van der Waals surface area contributed by atoms with E-state index in [0.29, 0.717) is 5.75 Å². The van der Waals surface area contributed by atoms with E-state index in [2.05, 4.69) is 4.74 Å². The van der Waals surface area contributed by atoms with E-state index in [4.69, 9.17) is 4.74 Å². The summed E-state index contributed by atoms with van der Waals surface area (Å²) < 4.78 is 10.9. The molecule has 0 heterocycles. The van der Waals surface area contributed by atoms with Gasteiger partial charge in [-0.15, -0.1) is 0 Å². The predicted octanol–water partition coefficient (Wildman–Crippen LogP) is 6.27. The molecule has 1 atom stereocenters. The number of carbonyl (C=O) groups is 2. The molecule has 5 aromatic carbocycles. The van der Waals surface area contributed by atoms with Gasteiger partial charge < -0.3 is 14.6 Å². The molecule has 0 amide bonds. The summed E-state index contributed by atoms with van der Waals surface area (Å²) in [6.07, 6.45) is 0. The van der Waals surface area contributed by atoms with Crippen molar-refractivity contribution >= 4 is 33.3 Å². The van der Waals surface area contributed by atoms with E-state index in [1.165, 1.54) is 7.11 Å². The molecule has 0 aromatic heterocycles. The van der Waals surface area contributed by atoms with Gasteiger partial charge >= 0.3 is 5.97 Å². The number of carbonyl (C=O) groups excluding carboxylic acids is 2. The molecule has 0 aliphatic heterocycles. The Bertz CT molecular complexity index is 1560. The number of aromatic hydroxyl groups is 1.